The van der Waals surface area contributed by atoms with E-state index in [2.05, 4.69) is 0 Å². The molecule has 1 atom stereocenters. The van der Waals surface area contributed by atoms with Crippen LogP contribution in [0.3, 0.4) is 0 Å². The van der Waals surface area contributed by atoms with Gasteiger partial charge in [-0.15, -0.1) is 0 Å². The van der Waals surface area contributed by atoms with Gasteiger partial charge in [-0.1, -0.05) is 24.3 Å². The average Bonchev–Trinajstić information content (AvgIpc) is 3.09. The van der Waals surface area contributed by atoms with Crippen LogP contribution in [0.15, 0.2) is 36.4 Å². The Morgan fingerprint density at radius 2 is 1.82 bits per heavy atom. The largest absolute Gasteiger partial charge is 0.481 e. The number of likely N-dealkylation sites (tertiary alicyclic amines) is 1. The van der Waals surface area contributed by atoms with Gasteiger partial charge in [0.25, 0.3) is 5.91 Å². The van der Waals surface area contributed by atoms with Crippen LogP contribution < -0.4 is 0 Å². The van der Waals surface area contributed by atoms with Crippen molar-refractivity contribution in [1.82, 2.24) is 4.90 Å². The fourth-order valence-corrected chi connectivity index (χ4v) is 3.64. The van der Waals surface area contributed by atoms with Gasteiger partial charge in [0.1, 0.15) is 11.2 Å². The Bertz CT molecular complexity index is 927. The molecule has 1 aliphatic heterocycles. The summed E-state index contributed by atoms with van der Waals surface area (Å²) in [4.78, 5) is 25.8. The number of benzene rings is 2. The van der Waals surface area contributed by atoms with Crippen molar-refractivity contribution in [3.05, 3.63) is 58.9 Å². The standard InChI is InChI=1S/C22H24FNO4/c1-14-4-5-16(10-15(14)2)17-6-7-18(19(23)11-17)20(25)24-9-8-22(12-24,13-28-3)21(26)27/h4-7,10-11H,8-9,12-13H2,1-3H3,(H,26,27). The first-order valence-electron chi connectivity index (χ1n) is 9.16. The number of nitrogens with zero attached hydrogens (tertiary/aromatic N) is 1. The molecule has 0 bridgehead atoms. The van der Waals surface area contributed by atoms with Crippen LogP contribution in [-0.4, -0.2) is 48.7 Å². The van der Waals surface area contributed by atoms with Crippen LogP contribution in [0.2, 0.25) is 0 Å². The third-order valence-corrected chi connectivity index (χ3v) is 5.56. The maximum Gasteiger partial charge on any atom is 0.313 e. The van der Waals surface area contributed by atoms with Gasteiger partial charge < -0.3 is 14.7 Å². The lowest BCUT2D eigenvalue weighted by atomic mass is 9.88. The molecule has 1 unspecified atom stereocenters. The van der Waals surface area contributed by atoms with Crippen LogP contribution in [0.4, 0.5) is 4.39 Å². The van der Waals surface area contributed by atoms with Gasteiger partial charge in [-0.25, -0.2) is 4.39 Å². The monoisotopic (exact) mass is 385 g/mol. The molecule has 2 aromatic carbocycles. The number of halogens is 1. The molecule has 1 heterocycles. The second-order valence-electron chi connectivity index (χ2n) is 7.49. The third kappa shape index (κ3) is 3.64. The SMILES string of the molecule is COCC1(C(=O)O)CCN(C(=O)c2ccc(-c3ccc(C)c(C)c3)cc2F)C1. The van der Waals surface area contributed by atoms with E-state index < -0.39 is 23.1 Å². The molecule has 0 radical (unpaired) electrons. The van der Waals surface area contributed by atoms with Gasteiger partial charge in [0.05, 0.1) is 12.2 Å². The van der Waals surface area contributed by atoms with Crippen LogP contribution >= 0.6 is 0 Å². The highest BCUT2D eigenvalue weighted by molar-refractivity contribution is 5.96. The Morgan fingerprint density at radius 1 is 1.14 bits per heavy atom. The van der Waals surface area contributed by atoms with Gasteiger partial charge in [-0.05, 0) is 54.7 Å². The summed E-state index contributed by atoms with van der Waals surface area (Å²) < 4.78 is 19.8. The summed E-state index contributed by atoms with van der Waals surface area (Å²) in [6.45, 7) is 4.29. The Hall–Kier alpha value is -2.73. The number of carbonyl (C=O) groups is 2. The zero-order valence-corrected chi connectivity index (χ0v) is 16.3. The summed E-state index contributed by atoms with van der Waals surface area (Å²) in [6, 6.07) is 10.4. The summed E-state index contributed by atoms with van der Waals surface area (Å²) in [7, 11) is 1.43. The minimum atomic E-state index is -1.14. The quantitative estimate of drug-likeness (QED) is 0.853. The lowest BCUT2D eigenvalue weighted by Gasteiger charge is -2.24. The molecule has 2 aromatic rings. The van der Waals surface area contributed by atoms with Crippen molar-refractivity contribution < 1.29 is 23.8 Å². The van der Waals surface area contributed by atoms with E-state index in [4.69, 9.17) is 4.74 Å². The highest BCUT2D eigenvalue weighted by Crippen LogP contribution is 2.33. The van der Waals surface area contributed by atoms with E-state index in [1.54, 1.807) is 6.07 Å². The zero-order valence-electron chi connectivity index (χ0n) is 16.3. The number of hydrogen-bond donors (Lipinski definition) is 1. The molecule has 148 valence electrons. The van der Waals surface area contributed by atoms with E-state index in [1.165, 1.54) is 24.1 Å². The van der Waals surface area contributed by atoms with Crippen LogP contribution in [0.25, 0.3) is 11.1 Å². The first-order chi connectivity index (χ1) is 13.3. The molecule has 0 aromatic heterocycles. The smallest absolute Gasteiger partial charge is 0.313 e. The van der Waals surface area contributed by atoms with Crippen LogP contribution in [0.1, 0.15) is 27.9 Å². The number of ether oxygens (including phenoxy) is 1. The predicted octanol–water partition coefficient (Wildman–Crippen LogP) is 3.67. The number of methoxy groups -OCH3 is 1. The number of hydrogen-bond acceptors (Lipinski definition) is 3. The number of aliphatic carboxylic acids is 1. The van der Waals surface area contributed by atoms with E-state index in [1.807, 2.05) is 32.0 Å². The maximum absolute atomic E-state index is 14.7. The van der Waals surface area contributed by atoms with Crippen molar-refractivity contribution in [3.8, 4) is 11.1 Å². The van der Waals surface area contributed by atoms with Crippen LogP contribution in [-0.2, 0) is 9.53 Å². The molecule has 0 spiro atoms. The Kier molecular flexibility index (Phi) is 5.52. The summed E-state index contributed by atoms with van der Waals surface area (Å²) in [5.41, 5.74) is 2.65. The zero-order chi connectivity index (χ0) is 20.5. The van der Waals surface area contributed by atoms with Gasteiger partial charge in [0, 0.05) is 20.2 Å². The molecule has 5 nitrogen and oxygen atoms in total. The molecule has 0 saturated carbocycles. The van der Waals surface area contributed by atoms with E-state index >= 15 is 0 Å². The van der Waals surface area contributed by atoms with Gasteiger partial charge >= 0.3 is 5.97 Å². The molecule has 3 rings (SSSR count). The molecule has 1 amide bonds. The Balaban J connectivity index is 1.83. The summed E-state index contributed by atoms with van der Waals surface area (Å²) in [6.07, 6.45) is 0.282. The number of amides is 1. The summed E-state index contributed by atoms with van der Waals surface area (Å²) in [5, 5.41) is 9.53. The molecule has 28 heavy (non-hydrogen) atoms. The first-order valence-corrected chi connectivity index (χ1v) is 9.16. The lowest BCUT2D eigenvalue weighted by molar-refractivity contribution is -0.151. The Labute approximate surface area is 163 Å². The molecular formula is C22H24FNO4. The number of carboxylic acids is 1. The normalized spacial score (nSPS) is 19.1. The first kappa shape index (κ1) is 20.0. The topological polar surface area (TPSA) is 66.8 Å². The number of aryl methyl sites for hydroxylation is 2. The maximum atomic E-state index is 14.7. The van der Waals surface area contributed by atoms with Gasteiger partial charge in [-0.2, -0.15) is 0 Å². The van der Waals surface area contributed by atoms with Crippen molar-refractivity contribution in [2.24, 2.45) is 5.41 Å². The minimum Gasteiger partial charge on any atom is -0.481 e. The number of rotatable bonds is 5. The van der Waals surface area contributed by atoms with Crippen molar-refractivity contribution >= 4 is 11.9 Å². The molecule has 1 fully saturated rings. The molecular weight excluding hydrogens is 361 g/mol. The van der Waals surface area contributed by atoms with E-state index in [0.717, 1.165) is 16.7 Å². The Morgan fingerprint density at radius 3 is 2.43 bits per heavy atom. The number of carboxylic acid groups (broad SMARTS) is 1. The molecule has 1 aliphatic rings. The average molecular weight is 385 g/mol. The molecule has 1 saturated heterocycles. The van der Waals surface area contributed by atoms with Gasteiger partial charge in [0.2, 0.25) is 0 Å². The summed E-state index contributed by atoms with van der Waals surface area (Å²) >= 11 is 0. The van der Waals surface area contributed by atoms with Crippen LogP contribution in [0, 0.1) is 25.1 Å². The molecule has 6 heteroatoms. The van der Waals surface area contributed by atoms with Crippen molar-refractivity contribution in [3.63, 3.8) is 0 Å². The third-order valence-electron chi connectivity index (χ3n) is 5.56. The predicted molar refractivity (Wildman–Crippen MR) is 104 cm³/mol. The van der Waals surface area contributed by atoms with Gasteiger partial charge in [0.15, 0.2) is 0 Å². The fraction of sp³-hybridized carbons (Fsp3) is 0.364. The molecule has 0 aliphatic carbocycles. The van der Waals surface area contributed by atoms with E-state index in [0.29, 0.717) is 5.56 Å². The number of carbonyl (C=O) groups excluding carboxylic acids is 1. The van der Waals surface area contributed by atoms with E-state index in [9.17, 15) is 19.1 Å². The van der Waals surface area contributed by atoms with Crippen molar-refractivity contribution in [2.45, 2.75) is 20.3 Å². The van der Waals surface area contributed by atoms with Gasteiger partial charge in [-0.3, -0.25) is 9.59 Å². The molecule has 1 N–H and O–H groups in total. The van der Waals surface area contributed by atoms with E-state index in [-0.39, 0.29) is 31.7 Å². The van der Waals surface area contributed by atoms with Crippen LogP contribution in [0.5, 0.6) is 0 Å². The van der Waals surface area contributed by atoms with Crippen molar-refractivity contribution in [1.29, 1.82) is 0 Å². The second kappa shape index (κ2) is 7.72. The minimum absolute atomic E-state index is 0.00730. The summed E-state index contributed by atoms with van der Waals surface area (Å²) in [5.74, 6) is -2.11. The van der Waals surface area contributed by atoms with Crippen molar-refractivity contribution in [2.75, 3.05) is 26.8 Å². The second-order valence-corrected chi connectivity index (χ2v) is 7.49. The highest BCUT2D eigenvalue weighted by atomic mass is 19.1. The lowest BCUT2D eigenvalue weighted by Crippen LogP contribution is -2.40. The fourth-order valence-electron chi connectivity index (χ4n) is 3.64. The highest BCUT2D eigenvalue weighted by Gasteiger charge is 2.46.